The number of hydrogen-bond donors (Lipinski definition) is 2. The number of ether oxygens (including phenoxy) is 1. The Morgan fingerprint density at radius 2 is 1.80 bits per heavy atom. The maximum Gasteiger partial charge on any atom is 0.408 e. The second kappa shape index (κ2) is 9.91. The summed E-state index contributed by atoms with van der Waals surface area (Å²) in [6.07, 6.45) is 0.130. The Bertz CT molecular complexity index is 1000. The van der Waals surface area contributed by atoms with Crippen LogP contribution in [0.2, 0.25) is 0 Å². The van der Waals surface area contributed by atoms with Gasteiger partial charge in [0.25, 0.3) is 0 Å². The monoisotopic (exact) mass is 408 g/mol. The molecule has 2 aromatic carbocycles. The molecule has 2 atom stereocenters. The zero-order chi connectivity index (χ0) is 21.5. The van der Waals surface area contributed by atoms with Gasteiger partial charge in [0.15, 0.2) is 0 Å². The van der Waals surface area contributed by atoms with Crippen LogP contribution >= 0.6 is 0 Å². The lowest BCUT2D eigenvalue weighted by Gasteiger charge is -2.23. The Labute approximate surface area is 176 Å². The standard InChI is InChI=1S/C23H28N4O3/c1-4-16(2)21(26-23(29)30-15-17-10-6-5-7-11-17)22(28)24-14-20-25-18-12-8-9-13-19(18)27(20)3/h5-13,16,21H,4,14-15H2,1-3H3,(H,24,28)(H,26,29)/t16-,21-/m0/s1. The topological polar surface area (TPSA) is 85.2 Å². The summed E-state index contributed by atoms with van der Waals surface area (Å²) in [5.74, 6) is 0.446. The fourth-order valence-corrected chi connectivity index (χ4v) is 3.22. The minimum absolute atomic E-state index is 0.0466. The van der Waals surface area contributed by atoms with Gasteiger partial charge in [-0.05, 0) is 23.6 Å². The molecule has 0 aliphatic rings. The molecule has 158 valence electrons. The van der Waals surface area contributed by atoms with Crippen LogP contribution in [0.5, 0.6) is 0 Å². The lowest BCUT2D eigenvalue weighted by molar-refractivity contribution is -0.124. The number of carbonyl (C=O) groups excluding carboxylic acids is 2. The van der Waals surface area contributed by atoms with Gasteiger partial charge in [-0.15, -0.1) is 0 Å². The van der Waals surface area contributed by atoms with Crippen LogP contribution in [0.4, 0.5) is 4.79 Å². The molecule has 1 aromatic heterocycles. The minimum atomic E-state index is -0.687. The second-order valence-corrected chi connectivity index (χ2v) is 7.36. The molecule has 0 saturated carbocycles. The first-order chi connectivity index (χ1) is 14.5. The number of para-hydroxylation sites is 2. The van der Waals surface area contributed by atoms with Crippen LogP contribution in [0, 0.1) is 5.92 Å². The molecule has 7 heteroatoms. The molecule has 0 aliphatic heterocycles. The van der Waals surface area contributed by atoms with Gasteiger partial charge in [-0.25, -0.2) is 9.78 Å². The third kappa shape index (κ3) is 5.17. The van der Waals surface area contributed by atoms with E-state index in [2.05, 4.69) is 15.6 Å². The smallest absolute Gasteiger partial charge is 0.408 e. The summed E-state index contributed by atoms with van der Waals surface area (Å²) < 4.78 is 7.23. The number of nitrogens with zero attached hydrogens (tertiary/aromatic N) is 2. The van der Waals surface area contributed by atoms with Crippen LogP contribution in [-0.4, -0.2) is 27.6 Å². The molecular weight excluding hydrogens is 380 g/mol. The van der Waals surface area contributed by atoms with Crippen LogP contribution in [0.3, 0.4) is 0 Å². The van der Waals surface area contributed by atoms with Crippen molar-refractivity contribution < 1.29 is 14.3 Å². The average molecular weight is 409 g/mol. The Kier molecular flexibility index (Phi) is 7.06. The number of benzene rings is 2. The Hall–Kier alpha value is -3.35. The number of imidazole rings is 1. The van der Waals surface area contributed by atoms with E-state index < -0.39 is 12.1 Å². The summed E-state index contributed by atoms with van der Waals surface area (Å²) in [6.45, 7) is 4.34. The highest BCUT2D eigenvalue weighted by Crippen LogP contribution is 2.14. The number of hydrogen-bond acceptors (Lipinski definition) is 4. The van der Waals surface area contributed by atoms with E-state index >= 15 is 0 Å². The van der Waals surface area contributed by atoms with E-state index in [0.29, 0.717) is 0 Å². The van der Waals surface area contributed by atoms with Crippen molar-refractivity contribution in [3.63, 3.8) is 0 Å². The SMILES string of the molecule is CC[C@H](C)[C@H](NC(=O)OCc1ccccc1)C(=O)NCc1nc2ccccc2n1C. The van der Waals surface area contributed by atoms with E-state index in [-0.39, 0.29) is 25.0 Å². The number of alkyl carbamates (subject to hydrolysis) is 1. The molecule has 0 spiro atoms. The molecule has 0 unspecified atom stereocenters. The lowest BCUT2D eigenvalue weighted by Crippen LogP contribution is -2.50. The van der Waals surface area contributed by atoms with E-state index in [0.717, 1.165) is 28.8 Å². The van der Waals surface area contributed by atoms with E-state index in [4.69, 9.17) is 4.74 Å². The highest BCUT2D eigenvalue weighted by Gasteiger charge is 2.26. The van der Waals surface area contributed by atoms with Gasteiger partial charge in [-0.1, -0.05) is 62.7 Å². The van der Waals surface area contributed by atoms with Gasteiger partial charge >= 0.3 is 6.09 Å². The Morgan fingerprint density at radius 1 is 1.10 bits per heavy atom. The van der Waals surface area contributed by atoms with Crippen molar-refractivity contribution >= 4 is 23.0 Å². The molecule has 2 amide bonds. The highest BCUT2D eigenvalue weighted by molar-refractivity contribution is 5.86. The lowest BCUT2D eigenvalue weighted by atomic mass is 9.98. The summed E-state index contributed by atoms with van der Waals surface area (Å²) >= 11 is 0. The molecule has 2 N–H and O–H groups in total. The largest absolute Gasteiger partial charge is 0.445 e. The number of rotatable bonds is 8. The Morgan fingerprint density at radius 3 is 2.50 bits per heavy atom. The van der Waals surface area contributed by atoms with Crippen LogP contribution in [0.1, 0.15) is 31.7 Å². The van der Waals surface area contributed by atoms with Crippen molar-refractivity contribution in [2.24, 2.45) is 13.0 Å². The van der Waals surface area contributed by atoms with E-state index in [1.165, 1.54) is 0 Å². The molecule has 0 fully saturated rings. The Balaban J connectivity index is 1.60. The normalized spacial score (nSPS) is 12.9. The van der Waals surface area contributed by atoms with Crippen molar-refractivity contribution in [3.05, 3.63) is 66.0 Å². The molecule has 30 heavy (non-hydrogen) atoms. The van der Waals surface area contributed by atoms with Gasteiger partial charge in [0.1, 0.15) is 18.5 Å². The molecule has 0 aliphatic carbocycles. The van der Waals surface area contributed by atoms with Gasteiger partial charge in [0.05, 0.1) is 17.6 Å². The average Bonchev–Trinajstić information content (AvgIpc) is 3.10. The third-order valence-electron chi connectivity index (χ3n) is 5.28. The molecular formula is C23H28N4O3. The number of fused-ring (bicyclic) bond motifs is 1. The molecule has 1 heterocycles. The minimum Gasteiger partial charge on any atom is -0.445 e. The fourth-order valence-electron chi connectivity index (χ4n) is 3.22. The summed E-state index contributed by atoms with van der Waals surface area (Å²) in [6, 6.07) is 16.5. The van der Waals surface area contributed by atoms with Gasteiger partial charge in [0, 0.05) is 7.05 Å². The van der Waals surface area contributed by atoms with Crippen LogP contribution < -0.4 is 10.6 Å². The zero-order valence-electron chi connectivity index (χ0n) is 17.6. The number of carbonyl (C=O) groups is 2. The van der Waals surface area contributed by atoms with Gasteiger partial charge in [-0.2, -0.15) is 0 Å². The number of aryl methyl sites for hydroxylation is 1. The summed E-state index contributed by atoms with van der Waals surface area (Å²) in [5.41, 5.74) is 2.77. The third-order valence-corrected chi connectivity index (χ3v) is 5.28. The van der Waals surface area contributed by atoms with E-state index in [1.807, 2.05) is 80.1 Å². The summed E-state index contributed by atoms with van der Waals surface area (Å²) in [7, 11) is 1.92. The zero-order valence-corrected chi connectivity index (χ0v) is 17.6. The quantitative estimate of drug-likeness (QED) is 0.597. The number of amides is 2. The first kappa shape index (κ1) is 21.4. The van der Waals surface area contributed by atoms with Crippen LogP contribution in [-0.2, 0) is 29.7 Å². The first-order valence-corrected chi connectivity index (χ1v) is 10.1. The van der Waals surface area contributed by atoms with Crippen molar-refractivity contribution in [2.45, 2.75) is 39.5 Å². The second-order valence-electron chi connectivity index (χ2n) is 7.36. The maximum absolute atomic E-state index is 12.8. The summed E-state index contributed by atoms with van der Waals surface area (Å²) in [5, 5.41) is 5.62. The van der Waals surface area contributed by atoms with Crippen LogP contribution in [0.15, 0.2) is 54.6 Å². The molecule has 0 saturated heterocycles. The molecule has 3 aromatic rings. The number of nitrogens with one attached hydrogen (secondary N) is 2. The van der Waals surface area contributed by atoms with Crippen LogP contribution in [0.25, 0.3) is 11.0 Å². The van der Waals surface area contributed by atoms with Gasteiger partial charge in [-0.3, -0.25) is 4.79 Å². The molecule has 3 rings (SSSR count). The first-order valence-electron chi connectivity index (χ1n) is 10.1. The maximum atomic E-state index is 12.8. The summed E-state index contributed by atoms with van der Waals surface area (Å²) in [4.78, 5) is 29.7. The predicted molar refractivity (Wildman–Crippen MR) is 116 cm³/mol. The van der Waals surface area contributed by atoms with Crippen molar-refractivity contribution in [3.8, 4) is 0 Å². The van der Waals surface area contributed by atoms with Gasteiger partial charge < -0.3 is 19.9 Å². The predicted octanol–water partition coefficient (Wildman–Crippen LogP) is 3.53. The van der Waals surface area contributed by atoms with E-state index in [9.17, 15) is 9.59 Å². The molecule has 0 radical (unpaired) electrons. The highest BCUT2D eigenvalue weighted by atomic mass is 16.5. The van der Waals surface area contributed by atoms with Crippen molar-refractivity contribution in [1.82, 2.24) is 20.2 Å². The molecule has 0 bridgehead atoms. The van der Waals surface area contributed by atoms with E-state index in [1.54, 1.807) is 0 Å². The van der Waals surface area contributed by atoms with Crippen molar-refractivity contribution in [2.75, 3.05) is 0 Å². The van der Waals surface area contributed by atoms with Crippen molar-refractivity contribution in [1.29, 1.82) is 0 Å². The molecule has 7 nitrogen and oxygen atoms in total. The fraction of sp³-hybridized carbons (Fsp3) is 0.348. The van der Waals surface area contributed by atoms with Gasteiger partial charge in [0.2, 0.25) is 5.91 Å². The number of aromatic nitrogens is 2.